The highest BCUT2D eigenvalue weighted by Crippen LogP contribution is 2.27. The lowest BCUT2D eigenvalue weighted by atomic mass is 10.2. The second-order valence-corrected chi connectivity index (χ2v) is 5.58. The van der Waals surface area contributed by atoms with Gasteiger partial charge in [0.25, 0.3) is 5.56 Å². The molecular formula is C16H22N2O5. The quantitative estimate of drug-likeness (QED) is 0.527. The third-order valence-electron chi connectivity index (χ3n) is 3.79. The normalized spacial score (nSPS) is 23.5. The highest BCUT2D eigenvalue weighted by Gasteiger charge is 2.35. The Morgan fingerprint density at radius 2 is 2.22 bits per heavy atom. The minimum absolute atomic E-state index is 0.167. The standard InChI is InChI=1S/C16H22N2O5/c1-2-3-4-5-6-7-11-9-18(16(22)17-15(11)21)14-8-12(20)13(10-19)23-14/h9,12-14,19-20H,2-5,8,10H2,1H3,(H,17,21,22)/t12-,13+,14+/m0/s1. The second kappa shape index (κ2) is 8.11. The molecule has 7 heteroatoms. The van der Waals surface area contributed by atoms with Gasteiger partial charge in [0, 0.05) is 19.0 Å². The van der Waals surface area contributed by atoms with Gasteiger partial charge in [0.2, 0.25) is 0 Å². The Bertz CT molecular complexity index is 697. The number of aromatic nitrogens is 2. The summed E-state index contributed by atoms with van der Waals surface area (Å²) in [6, 6.07) is 0. The average Bonchev–Trinajstić information content (AvgIpc) is 2.89. The predicted octanol–water partition coefficient (Wildman–Crippen LogP) is 0.109. The molecule has 3 atom stereocenters. The van der Waals surface area contributed by atoms with E-state index in [1.807, 2.05) is 0 Å². The molecule has 1 saturated heterocycles. The molecule has 23 heavy (non-hydrogen) atoms. The van der Waals surface area contributed by atoms with Crippen LogP contribution < -0.4 is 11.2 Å². The number of nitrogens with one attached hydrogen (secondary N) is 1. The van der Waals surface area contributed by atoms with Crippen LogP contribution >= 0.6 is 0 Å². The lowest BCUT2D eigenvalue weighted by molar-refractivity contribution is -0.0459. The van der Waals surface area contributed by atoms with Gasteiger partial charge < -0.3 is 14.9 Å². The molecule has 0 spiro atoms. The van der Waals surface area contributed by atoms with E-state index in [4.69, 9.17) is 9.84 Å². The second-order valence-electron chi connectivity index (χ2n) is 5.58. The Labute approximate surface area is 133 Å². The third-order valence-corrected chi connectivity index (χ3v) is 3.79. The van der Waals surface area contributed by atoms with E-state index in [9.17, 15) is 14.7 Å². The molecule has 0 unspecified atom stereocenters. The summed E-state index contributed by atoms with van der Waals surface area (Å²) in [6.45, 7) is 1.77. The summed E-state index contributed by atoms with van der Waals surface area (Å²) in [4.78, 5) is 26.0. The van der Waals surface area contributed by atoms with Gasteiger partial charge in [0.15, 0.2) is 0 Å². The fourth-order valence-electron chi connectivity index (χ4n) is 2.46. The van der Waals surface area contributed by atoms with Crippen LogP contribution in [0.25, 0.3) is 0 Å². The molecule has 2 rings (SSSR count). The molecule has 0 saturated carbocycles. The highest BCUT2D eigenvalue weighted by molar-refractivity contribution is 5.29. The van der Waals surface area contributed by atoms with E-state index in [-0.39, 0.29) is 18.6 Å². The number of H-pyrrole nitrogens is 1. The summed E-state index contributed by atoms with van der Waals surface area (Å²) in [6.07, 6.45) is 3.05. The van der Waals surface area contributed by atoms with E-state index in [2.05, 4.69) is 23.7 Å². The number of hydrogen-bond acceptors (Lipinski definition) is 5. The number of ether oxygens (including phenoxy) is 1. The van der Waals surface area contributed by atoms with Crippen molar-refractivity contribution in [3.63, 3.8) is 0 Å². The van der Waals surface area contributed by atoms with E-state index < -0.39 is 29.7 Å². The maximum absolute atomic E-state index is 11.9. The van der Waals surface area contributed by atoms with E-state index >= 15 is 0 Å². The molecule has 1 fully saturated rings. The van der Waals surface area contributed by atoms with Gasteiger partial charge in [-0.05, 0) is 6.42 Å². The van der Waals surface area contributed by atoms with Crippen molar-refractivity contribution in [1.82, 2.24) is 9.55 Å². The van der Waals surface area contributed by atoms with Crippen LogP contribution in [0, 0.1) is 11.8 Å². The molecule has 1 aromatic heterocycles. The Balaban J connectivity index is 2.20. The molecule has 0 aromatic carbocycles. The summed E-state index contributed by atoms with van der Waals surface area (Å²) in [5.41, 5.74) is -0.972. The third kappa shape index (κ3) is 4.32. The van der Waals surface area contributed by atoms with Gasteiger partial charge in [-0.2, -0.15) is 0 Å². The zero-order valence-electron chi connectivity index (χ0n) is 13.1. The number of rotatable bonds is 5. The molecule has 126 valence electrons. The van der Waals surface area contributed by atoms with E-state index in [1.165, 1.54) is 10.8 Å². The van der Waals surface area contributed by atoms with Crippen LogP contribution in [0.2, 0.25) is 0 Å². The predicted molar refractivity (Wildman–Crippen MR) is 84.0 cm³/mol. The van der Waals surface area contributed by atoms with Crippen molar-refractivity contribution in [2.24, 2.45) is 0 Å². The molecule has 3 N–H and O–H groups in total. The maximum atomic E-state index is 11.9. The Morgan fingerprint density at radius 3 is 2.87 bits per heavy atom. The molecule has 7 nitrogen and oxygen atoms in total. The molecule has 0 bridgehead atoms. The van der Waals surface area contributed by atoms with Crippen LogP contribution in [-0.2, 0) is 4.74 Å². The van der Waals surface area contributed by atoms with Crippen molar-refractivity contribution in [2.45, 2.75) is 57.5 Å². The number of aliphatic hydroxyl groups excluding tert-OH is 2. The maximum Gasteiger partial charge on any atom is 0.330 e. The van der Waals surface area contributed by atoms with E-state index in [1.54, 1.807) is 0 Å². The molecule has 1 aliphatic rings. The SMILES string of the molecule is CCCCCC#Cc1cn([C@H]2C[C@H](O)[C@@H](CO)O2)c(=O)[nH]c1=O. The van der Waals surface area contributed by atoms with Gasteiger partial charge in [0.05, 0.1) is 12.7 Å². The minimum Gasteiger partial charge on any atom is -0.394 e. The molecule has 0 amide bonds. The molecule has 1 aromatic rings. The molecular weight excluding hydrogens is 300 g/mol. The first kappa shape index (κ1) is 17.5. The van der Waals surface area contributed by atoms with Crippen molar-refractivity contribution >= 4 is 0 Å². The Kier molecular flexibility index (Phi) is 6.16. The summed E-state index contributed by atoms with van der Waals surface area (Å²) in [7, 11) is 0. The lowest BCUT2D eigenvalue weighted by Crippen LogP contribution is -2.33. The van der Waals surface area contributed by atoms with Crippen molar-refractivity contribution < 1.29 is 14.9 Å². The first-order valence-corrected chi connectivity index (χ1v) is 7.85. The number of aliphatic hydroxyl groups is 2. The number of unbranched alkanes of at least 4 members (excludes halogenated alkanes) is 3. The first-order valence-electron chi connectivity index (χ1n) is 7.85. The Hall–Kier alpha value is -1.88. The zero-order valence-corrected chi connectivity index (χ0v) is 13.1. The number of hydrogen-bond donors (Lipinski definition) is 3. The van der Waals surface area contributed by atoms with E-state index in [0.717, 1.165) is 19.3 Å². The Morgan fingerprint density at radius 1 is 1.43 bits per heavy atom. The average molecular weight is 322 g/mol. The molecule has 0 radical (unpaired) electrons. The van der Waals surface area contributed by atoms with Crippen molar-refractivity contribution in [3.05, 3.63) is 32.6 Å². The zero-order chi connectivity index (χ0) is 16.8. The first-order chi connectivity index (χ1) is 11.1. The topological polar surface area (TPSA) is 105 Å². The largest absolute Gasteiger partial charge is 0.394 e. The number of nitrogens with zero attached hydrogens (tertiary/aromatic N) is 1. The van der Waals surface area contributed by atoms with Gasteiger partial charge in [-0.3, -0.25) is 14.3 Å². The van der Waals surface area contributed by atoms with Gasteiger partial charge in [-0.25, -0.2) is 4.79 Å². The summed E-state index contributed by atoms with van der Waals surface area (Å²) >= 11 is 0. The molecule has 1 aliphatic heterocycles. The molecule has 0 aliphatic carbocycles. The summed E-state index contributed by atoms with van der Waals surface area (Å²) < 4.78 is 6.64. The van der Waals surface area contributed by atoms with Gasteiger partial charge in [0.1, 0.15) is 17.9 Å². The summed E-state index contributed by atoms with van der Waals surface area (Å²) in [5, 5.41) is 18.9. The van der Waals surface area contributed by atoms with Crippen LogP contribution in [-0.4, -0.2) is 38.6 Å². The minimum atomic E-state index is -0.854. The van der Waals surface area contributed by atoms with Crippen molar-refractivity contribution in [3.8, 4) is 11.8 Å². The van der Waals surface area contributed by atoms with Crippen LogP contribution in [0.5, 0.6) is 0 Å². The van der Waals surface area contributed by atoms with Crippen LogP contribution in [0.4, 0.5) is 0 Å². The monoisotopic (exact) mass is 322 g/mol. The van der Waals surface area contributed by atoms with Gasteiger partial charge >= 0.3 is 5.69 Å². The van der Waals surface area contributed by atoms with Crippen LogP contribution in [0.15, 0.2) is 15.8 Å². The lowest BCUT2D eigenvalue weighted by Gasteiger charge is -2.14. The highest BCUT2D eigenvalue weighted by atomic mass is 16.5. The van der Waals surface area contributed by atoms with Crippen molar-refractivity contribution in [1.29, 1.82) is 0 Å². The van der Waals surface area contributed by atoms with Crippen LogP contribution in [0.3, 0.4) is 0 Å². The van der Waals surface area contributed by atoms with Gasteiger partial charge in [-0.15, -0.1) is 0 Å². The van der Waals surface area contributed by atoms with Crippen LogP contribution in [0.1, 0.15) is 50.8 Å². The number of aromatic amines is 1. The molecule has 2 heterocycles. The fraction of sp³-hybridized carbons (Fsp3) is 0.625. The fourth-order valence-corrected chi connectivity index (χ4v) is 2.46. The van der Waals surface area contributed by atoms with Gasteiger partial charge in [-0.1, -0.05) is 31.6 Å². The van der Waals surface area contributed by atoms with Crippen molar-refractivity contribution in [2.75, 3.05) is 6.61 Å². The summed E-state index contributed by atoms with van der Waals surface area (Å²) in [5.74, 6) is 5.71. The smallest absolute Gasteiger partial charge is 0.330 e. The van der Waals surface area contributed by atoms with E-state index in [0.29, 0.717) is 6.42 Å².